The van der Waals surface area contributed by atoms with Crippen LogP contribution in [0.5, 0.6) is 0 Å². The van der Waals surface area contributed by atoms with Crippen molar-refractivity contribution in [2.75, 3.05) is 13.1 Å². The number of alkyl carbamates (subject to hydrolysis) is 1. The molecule has 0 spiro atoms. The number of nitrogens with zero attached hydrogens (tertiary/aromatic N) is 1. The van der Waals surface area contributed by atoms with E-state index in [9.17, 15) is 9.59 Å². The van der Waals surface area contributed by atoms with E-state index in [0.29, 0.717) is 13.0 Å². The summed E-state index contributed by atoms with van der Waals surface area (Å²) in [5, 5.41) is 2.53. The van der Waals surface area contributed by atoms with Gasteiger partial charge in [-0.3, -0.25) is 4.79 Å². The summed E-state index contributed by atoms with van der Waals surface area (Å²) >= 11 is 0. The molecule has 0 aromatic heterocycles. The van der Waals surface area contributed by atoms with Gasteiger partial charge in [-0.1, -0.05) is 24.3 Å². The number of hydrogen-bond acceptors (Lipinski definition) is 4. The average molecular weight is 356 g/mol. The minimum absolute atomic E-state index is 0.113. The summed E-state index contributed by atoms with van der Waals surface area (Å²) in [5.74, 6) is 1.36. The maximum Gasteiger partial charge on any atom is 0.408 e. The maximum atomic E-state index is 12.6. The monoisotopic (exact) mass is 356 g/mol. The highest BCUT2D eigenvalue weighted by atomic mass is 16.6. The fourth-order valence-corrected chi connectivity index (χ4v) is 2.94. The number of hydrogen-bond donors (Lipinski definition) is 1. The fraction of sp³-hybridized carbons (Fsp3) is 0.400. The summed E-state index contributed by atoms with van der Waals surface area (Å²) in [6.07, 6.45) is 4.06. The number of carbonyl (C=O) groups excluding carboxylic acids is 2. The summed E-state index contributed by atoms with van der Waals surface area (Å²) in [7, 11) is 0. The van der Waals surface area contributed by atoms with Gasteiger partial charge < -0.3 is 19.4 Å². The molecule has 3 rings (SSSR count). The first kappa shape index (κ1) is 18.0. The van der Waals surface area contributed by atoms with Crippen molar-refractivity contribution >= 4 is 12.0 Å². The largest absolute Gasteiger partial charge is 0.459 e. The van der Waals surface area contributed by atoms with Gasteiger partial charge >= 0.3 is 6.09 Å². The molecule has 26 heavy (non-hydrogen) atoms. The lowest BCUT2D eigenvalue weighted by Crippen LogP contribution is -2.44. The third-order valence-electron chi connectivity index (χ3n) is 4.10. The zero-order valence-electron chi connectivity index (χ0n) is 15.3. The number of nitrogens with one attached hydrogen (secondary N) is 1. The second-order valence-electron chi connectivity index (χ2n) is 7.31. The fourth-order valence-electron chi connectivity index (χ4n) is 2.94. The Morgan fingerprint density at radius 2 is 2.04 bits per heavy atom. The van der Waals surface area contributed by atoms with E-state index < -0.39 is 11.7 Å². The predicted octanol–water partition coefficient (Wildman–Crippen LogP) is 3.74. The van der Waals surface area contributed by atoms with E-state index in [1.165, 1.54) is 0 Å². The molecule has 1 N–H and O–H groups in total. The molecule has 0 saturated heterocycles. The second-order valence-corrected chi connectivity index (χ2v) is 7.31. The molecule has 6 heteroatoms. The second kappa shape index (κ2) is 7.23. The van der Waals surface area contributed by atoms with Crippen molar-refractivity contribution in [2.45, 2.75) is 38.8 Å². The molecule has 1 unspecified atom stereocenters. The Labute approximate surface area is 153 Å². The molecule has 2 amide bonds. The number of ether oxygens (including phenoxy) is 1. The first-order valence-electron chi connectivity index (χ1n) is 8.73. The predicted molar refractivity (Wildman–Crippen MR) is 97.8 cm³/mol. The normalized spacial score (nSPS) is 17.3. The van der Waals surface area contributed by atoms with Crippen LogP contribution >= 0.6 is 0 Å². The Bertz CT molecular complexity index is 787. The molecule has 0 saturated carbocycles. The van der Waals surface area contributed by atoms with Crippen molar-refractivity contribution in [3.63, 3.8) is 0 Å². The maximum absolute atomic E-state index is 12.6. The third-order valence-corrected chi connectivity index (χ3v) is 4.10. The van der Waals surface area contributed by atoms with Crippen LogP contribution in [0.15, 0.2) is 46.9 Å². The van der Waals surface area contributed by atoms with E-state index in [2.05, 4.69) is 5.32 Å². The standard InChI is InChI=1S/C20H24N2O4/c1-20(2,3)26-19(24)21-13-18(23)22-12-5-4-8-15(22)17-11-10-14-7-6-9-16(14)25-17/h4-7,9-11,15H,8,12-13H2,1-3H3,(H,21,24). The topological polar surface area (TPSA) is 71.8 Å². The molecule has 0 bridgehead atoms. The van der Waals surface area contributed by atoms with E-state index in [4.69, 9.17) is 9.15 Å². The highest BCUT2D eigenvalue weighted by molar-refractivity contribution is 5.83. The van der Waals surface area contributed by atoms with E-state index >= 15 is 0 Å². The van der Waals surface area contributed by atoms with Gasteiger partial charge in [-0.05, 0) is 45.4 Å². The number of amides is 2. The third kappa shape index (κ3) is 4.25. The van der Waals surface area contributed by atoms with Crippen molar-refractivity contribution in [1.82, 2.24) is 10.2 Å². The van der Waals surface area contributed by atoms with E-state index in [0.717, 1.165) is 17.1 Å². The Morgan fingerprint density at radius 1 is 1.23 bits per heavy atom. The average Bonchev–Trinajstić information content (AvgIpc) is 3.06. The molecule has 1 aliphatic carbocycles. The van der Waals surface area contributed by atoms with Gasteiger partial charge in [-0.2, -0.15) is 0 Å². The van der Waals surface area contributed by atoms with Crippen LogP contribution in [0.4, 0.5) is 4.79 Å². The Hall–Kier alpha value is -2.76. The minimum atomic E-state index is -0.600. The van der Waals surface area contributed by atoms with Crippen molar-refractivity contribution < 1.29 is 18.7 Å². The molecular formula is C20H24N2O4. The highest BCUT2D eigenvalue weighted by Gasteiger charge is 2.28. The number of carbonyl (C=O) groups is 2. The van der Waals surface area contributed by atoms with Crippen LogP contribution in [0.2, 0.25) is 0 Å². The van der Waals surface area contributed by atoms with Gasteiger partial charge in [0.25, 0.3) is 0 Å². The lowest BCUT2D eigenvalue weighted by Gasteiger charge is -2.32. The van der Waals surface area contributed by atoms with Crippen LogP contribution in [0, 0.1) is 0 Å². The Balaban J connectivity index is 1.69. The van der Waals surface area contributed by atoms with Crippen LogP contribution in [-0.2, 0) is 9.53 Å². The summed E-state index contributed by atoms with van der Waals surface area (Å²) in [6.45, 7) is 5.70. The highest BCUT2D eigenvalue weighted by Crippen LogP contribution is 2.32. The van der Waals surface area contributed by atoms with Crippen molar-refractivity contribution in [2.24, 2.45) is 0 Å². The molecule has 2 heterocycles. The molecule has 1 atom stereocenters. The molecule has 0 aromatic rings. The van der Waals surface area contributed by atoms with Crippen LogP contribution in [0.3, 0.4) is 0 Å². The molecule has 3 aliphatic rings. The van der Waals surface area contributed by atoms with Gasteiger partial charge in [0.2, 0.25) is 5.91 Å². The molecule has 6 nitrogen and oxygen atoms in total. The van der Waals surface area contributed by atoms with Gasteiger partial charge in [-0.15, -0.1) is 0 Å². The van der Waals surface area contributed by atoms with E-state index in [1.807, 2.05) is 42.5 Å². The van der Waals surface area contributed by atoms with E-state index in [1.54, 1.807) is 25.7 Å². The SMILES string of the molecule is CC(C)(C)OC(=O)NCC(=O)N1CC=CCC1c1ccc2cccc-2o1. The molecule has 0 aromatic carbocycles. The first-order valence-corrected chi connectivity index (χ1v) is 8.73. The van der Waals surface area contributed by atoms with Gasteiger partial charge in [0.05, 0.1) is 6.04 Å². The Kier molecular flexibility index (Phi) is 5.02. The first-order chi connectivity index (χ1) is 12.3. The lowest BCUT2D eigenvalue weighted by molar-refractivity contribution is -0.132. The summed E-state index contributed by atoms with van der Waals surface area (Å²) in [6, 6.07) is 9.55. The van der Waals surface area contributed by atoms with Crippen LogP contribution in [0.1, 0.15) is 39.0 Å². The van der Waals surface area contributed by atoms with Crippen molar-refractivity contribution in [3.05, 3.63) is 48.2 Å². The number of rotatable bonds is 3. The lowest BCUT2D eigenvalue weighted by atomic mass is 10.0. The van der Waals surface area contributed by atoms with Crippen molar-refractivity contribution in [1.29, 1.82) is 0 Å². The molecular weight excluding hydrogens is 332 g/mol. The smallest absolute Gasteiger partial charge is 0.408 e. The summed E-state index contributed by atoms with van der Waals surface area (Å²) in [4.78, 5) is 26.1. The number of fused-ring (bicyclic) bond motifs is 1. The van der Waals surface area contributed by atoms with Gasteiger partial charge in [0, 0.05) is 12.1 Å². The molecule has 138 valence electrons. The quantitative estimate of drug-likeness (QED) is 0.851. The molecule has 0 radical (unpaired) electrons. The zero-order chi connectivity index (χ0) is 18.7. The van der Waals surface area contributed by atoms with Gasteiger partial charge in [-0.25, -0.2) is 4.79 Å². The van der Waals surface area contributed by atoms with Crippen LogP contribution in [0.25, 0.3) is 11.3 Å². The van der Waals surface area contributed by atoms with Crippen molar-refractivity contribution in [3.8, 4) is 11.3 Å². The van der Waals surface area contributed by atoms with Crippen LogP contribution < -0.4 is 5.32 Å². The van der Waals surface area contributed by atoms with E-state index in [-0.39, 0.29) is 18.5 Å². The minimum Gasteiger partial charge on any atom is -0.459 e. The zero-order valence-corrected chi connectivity index (χ0v) is 15.3. The summed E-state index contributed by atoms with van der Waals surface area (Å²) < 4.78 is 11.1. The summed E-state index contributed by atoms with van der Waals surface area (Å²) in [5.41, 5.74) is 0.432. The molecule has 2 aliphatic heterocycles. The van der Waals surface area contributed by atoms with Gasteiger partial charge in [0.1, 0.15) is 23.7 Å². The van der Waals surface area contributed by atoms with Gasteiger partial charge in [0.15, 0.2) is 0 Å². The Morgan fingerprint density at radius 3 is 2.81 bits per heavy atom. The molecule has 0 fully saturated rings. The van der Waals surface area contributed by atoms with Crippen LogP contribution in [-0.4, -0.2) is 35.6 Å².